The van der Waals surface area contributed by atoms with Crippen LogP contribution in [0.3, 0.4) is 0 Å². The van der Waals surface area contributed by atoms with Gasteiger partial charge in [0.1, 0.15) is 17.9 Å². The number of ether oxygens (including phenoxy) is 1. The molecule has 0 N–H and O–H groups in total. The van der Waals surface area contributed by atoms with E-state index in [1.807, 2.05) is 31.3 Å². The number of Topliss-reactive ketones (excluding diaryl/α,β-unsaturated/α-hetero) is 1. The summed E-state index contributed by atoms with van der Waals surface area (Å²) >= 11 is 0. The van der Waals surface area contributed by atoms with E-state index in [4.69, 9.17) is 4.74 Å². The first-order chi connectivity index (χ1) is 7.25. The number of carbonyl (C=O) groups excluding carboxylic acids is 1. The van der Waals surface area contributed by atoms with Gasteiger partial charge in [0.25, 0.3) is 0 Å². The van der Waals surface area contributed by atoms with Gasteiger partial charge in [-0.3, -0.25) is 9.69 Å². The fourth-order valence-electron chi connectivity index (χ4n) is 2.62. The average molecular weight is 203 g/mol. The summed E-state index contributed by atoms with van der Waals surface area (Å²) in [6.07, 6.45) is 0.633. The summed E-state index contributed by atoms with van der Waals surface area (Å²) in [5.41, 5.74) is 0.548. The minimum absolute atomic E-state index is 0.287. The van der Waals surface area contributed by atoms with Crippen molar-refractivity contribution in [2.75, 3.05) is 20.2 Å². The Kier molecular flexibility index (Phi) is 1.68. The van der Waals surface area contributed by atoms with Crippen LogP contribution in [0.25, 0.3) is 0 Å². The van der Waals surface area contributed by atoms with E-state index in [9.17, 15) is 4.79 Å². The molecule has 3 nitrogen and oxygen atoms in total. The third-order valence-corrected chi connectivity index (χ3v) is 3.56. The minimum atomic E-state index is -0.489. The molecule has 1 unspecified atom stereocenters. The second-order valence-electron chi connectivity index (χ2n) is 4.24. The molecule has 3 rings (SSSR count). The predicted molar refractivity (Wildman–Crippen MR) is 55.9 cm³/mol. The Morgan fingerprint density at radius 2 is 2.20 bits per heavy atom. The number of para-hydroxylation sites is 1. The van der Waals surface area contributed by atoms with Crippen LogP contribution in [0, 0.1) is 0 Å². The Balaban J connectivity index is 2.19. The summed E-state index contributed by atoms with van der Waals surface area (Å²) in [7, 11) is 2.00. The lowest BCUT2D eigenvalue weighted by atomic mass is 9.88. The Labute approximate surface area is 88.6 Å². The quantitative estimate of drug-likeness (QED) is 0.634. The predicted octanol–water partition coefficient (Wildman–Crippen LogP) is 1.18. The minimum Gasteiger partial charge on any atom is -0.490 e. The summed E-state index contributed by atoms with van der Waals surface area (Å²) in [5, 5.41) is 0. The molecule has 15 heavy (non-hydrogen) atoms. The highest BCUT2D eigenvalue weighted by molar-refractivity contribution is 5.93. The highest BCUT2D eigenvalue weighted by Gasteiger charge is 2.53. The molecule has 0 bridgehead atoms. The molecule has 0 aromatic heterocycles. The second kappa shape index (κ2) is 2.83. The van der Waals surface area contributed by atoms with Crippen LogP contribution in [-0.2, 0) is 10.3 Å². The smallest absolute Gasteiger partial charge is 0.162 e. The van der Waals surface area contributed by atoms with Crippen molar-refractivity contribution in [1.82, 2.24) is 4.90 Å². The summed E-state index contributed by atoms with van der Waals surface area (Å²) in [4.78, 5) is 14.2. The first kappa shape index (κ1) is 8.92. The number of nitrogens with zero attached hydrogens (tertiary/aromatic N) is 1. The van der Waals surface area contributed by atoms with Gasteiger partial charge in [0.2, 0.25) is 0 Å². The molecule has 1 fully saturated rings. The lowest BCUT2D eigenvalue weighted by molar-refractivity contribution is -0.125. The Morgan fingerprint density at radius 3 is 2.93 bits per heavy atom. The van der Waals surface area contributed by atoms with Crippen LogP contribution in [0.1, 0.15) is 12.0 Å². The number of ketones is 1. The number of likely N-dealkylation sites (N-methyl/N-ethyl adjacent to an activating group) is 1. The molecular weight excluding hydrogens is 190 g/mol. The molecule has 2 aliphatic rings. The molecule has 1 saturated heterocycles. The number of fused-ring (bicyclic) bond motifs is 2. The zero-order valence-electron chi connectivity index (χ0n) is 8.69. The SMILES string of the molecule is CN1CCC(=O)C12COc1ccccc12. The van der Waals surface area contributed by atoms with Crippen LogP contribution in [0.5, 0.6) is 5.75 Å². The fourth-order valence-corrected chi connectivity index (χ4v) is 2.62. The summed E-state index contributed by atoms with van der Waals surface area (Å²) < 4.78 is 5.61. The summed E-state index contributed by atoms with van der Waals surface area (Å²) in [6, 6.07) is 7.84. The number of carbonyl (C=O) groups is 1. The molecule has 1 atom stereocenters. The van der Waals surface area contributed by atoms with Crippen molar-refractivity contribution in [3.05, 3.63) is 29.8 Å². The fraction of sp³-hybridized carbons (Fsp3) is 0.417. The zero-order chi connectivity index (χ0) is 10.5. The van der Waals surface area contributed by atoms with Crippen LogP contribution >= 0.6 is 0 Å². The molecule has 0 aliphatic carbocycles. The van der Waals surface area contributed by atoms with E-state index in [0.717, 1.165) is 17.9 Å². The third-order valence-electron chi connectivity index (χ3n) is 3.56. The highest BCUT2D eigenvalue weighted by atomic mass is 16.5. The van der Waals surface area contributed by atoms with Crippen LogP contribution in [0.4, 0.5) is 0 Å². The maximum atomic E-state index is 12.0. The van der Waals surface area contributed by atoms with E-state index in [-0.39, 0.29) is 5.78 Å². The number of likely N-dealkylation sites (tertiary alicyclic amines) is 1. The van der Waals surface area contributed by atoms with Gasteiger partial charge in [-0.1, -0.05) is 18.2 Å². The van der Waals surface area contributed by atoms with Crippen LogP contribution in [0.15, 0.2) is 24.3 Å². The lowest BCUT2D eigenvalue weighted by Gasteiger charge is -2.28. The topological polar surface area (TPSA) is 29.5 Å². The van der Waals surface area contributed by atoms with Gasteiger partial charge >= 0.3 is 0 Å². The summed E-state index contributed by atoms with van der Waals surface area (Å²) in [6.45, 7) is 1.30. The maximum absolute atomic E-state index is 12.0. The second-order valence-corrected chi connectivity index (χ2v) is 4.24. The number of rotatable bonds is 0. The van der Waals surface area contributed by atoms with Gasteiger partial charge in [0, 0.05) is 18.5 Å². The van der Waals surface area contributed by atoms with E-state index >= 15 is 0 Å². The molecule has 3 heteroatoms. The van der Waals surface area contributed by atoms with Crippen molar-refractivity contribution in [1.29, 1.82) is 0 Å². The van der Waals surface area contributed by atoms with Crippen molar-refractivity contribution in [2.24, 2.45) is 0 Å². The monoisotopic (exact) mass is 203 g/mol. The average Bonchev–Trinajstić information content (AvgIpc) is 2.77. The molecule has 0 saturated carbocycles. The van der Waals surface area contributed by atoms with Crippen molar-refractivity contribution in [3.63, 3.8) is 0 Å². The summed E-state index contributed by atoms with van der Waals surface area (Å²) in [5.74, 6) is 1.15. The van der Waals surface area contributed by atoms with Crippen LogP contribution < -0.4 is 4.74 Å². The number of benzene rings is 1. The Hall–Kier alpha value is -1.35. The standard InChI is InChI=1S/C12H13NO2/c1-13-7-6-11(14)12(13)8-15-10-5-3-2-4-9(10)12/h2-5H,6-8H2,1H3. The molecule has 78 valence electrons. The zero-order valence-corrected chi connectivity index (χ0v) is 8.69. The van der Waals surface area contributed by atoms with Gasteiger partial charge in [0.15, 0.2) is 5.78 Å². The van der Waals surface area contributed by atoms with Crippen molar-refractivity contribution >= 4 is 5.78 Å². The molecule has 0 radical (unpaired) electrons. The van der Waals surface area contributed by atoms with Gasteiger partial charge in [-0.25, -0.2) is 0 Å². The van der Waals surface area contributed by atoms with Crippen molar-refractivity contribution < 1.29 is 9.53 Å². The van der Waals surface area contributed by atoms with Crippen molar-refractivity contribution in [2.45, 2.75) is 12.0 Å². The van der Waals surface area contributed by atoms with Gasteiger partial charge in [0.05, 0.1) is 0 Å². The van der Waals surface area contributed by atoms with Gasteiger partial charge in [-0.2, -0.15) is 0 Å². The normalized spacial score (nSPS) is 29.5. The number of hydrogen-bond acceptors (Lipinski definition) is 3. The van der Waals surface area contributed by atoms with E-state index in [2.05, 4.69) is 4.90 Å². The van der Waals surface area contributed by atoms with E-state index in [1.54, 1.807) is 0 Å². The highest BCUT2D eigenvalue weighted by Crippen LogP contribution is 2.44. The van der Waals surface area contributed by atoms with Crippen molar-refractivity contribution in [3.8, 4) is 5.75 Å². The molecular formula is C12H13NO2. The first-order valence-corrected chi connectivity index (χ1v) is 5.22. The molecule has 2 heterocycles. The van der Waals surface area contributed by atoms with Gasteiger partial charge < -0.3 is 4.74 Å². The third kappa shape index (κ3) is 0.960. The number of hydrogen-bond donors (Lipinski definition) is 0. The molecule has 0 amide bonds. The van der Waals surface area contributed by atoms with Gasteiger partial charge in [-0.05, 0) is 13.1 Å². The Morgan fingerprint density at radius 1 is 1.40 bits per heavy atom. The maximum Gasteiger partial charge on any atom is 0.162 e. The molecule has 1 spiro atoms. The van der Waals surface area contributed by atoms with E-state index < -0.39 is 5.54 Å². The lowest BCUT2D eigenvalue weighted by Crippen LogP contribution is -2.44. The largest absolute Gasteiger partial charge is 0.490 e. The molecule has 1 aromatic carbocycles. The van der Waals surface area contributed by atoms with Gasteiger partial charge in [-0.15, -0.1) is 0 Å². The first-order valence-electron chi connectivity index (χ1n) is 5.22. The molecule has 2 aliphatic heterocycles. The van der Waals surface area contributed by atoms with Crippen LogP contribution in [-0.4, -0.2) is 30.9 Å². The van der Waals surface area contributed by atoms with E-state index in [0.29, 0.717) is 13.0 Å². The molecule has 1 aromatic rings. The van der Waals surface area contributed by atoms with Crippen LogP contribution in [0.2, 0.25) is 0 Å². The Bertz CT molecular complexity index is 429. The van der Waals surface area contributed by atoms with E-state index in [1.165, 1.54) is 0 Å².